The van der Waals surface area contributed by atoms with Crippen molar-refractivity contribution in [2.45, 2.75) is 44.4 Å². The Bertz CT molecular complexity index is 411. The summed E-state index contributed by atoms with van der Waals surface area (Å²) in [6, 6.07) is 4.77. The van der Waals surface area contributed by atoms with Crippen LogP contribution in [0.5, 0.6) is 0 Å². The van der Waals surface area contributed by atoms with Gasteiger partial charge >= 0.3 is 0 Å². The molecule has 0 bridgehead atoms. The summed E-state index contributed by atoms with van der Waals surface area (Å²) in [7, 11) is 1.85. The summed E-state index contributed by atoms with van der Waals surface area (Å²) in [4.78, 5) is 1.90. The first-order chi connectivity index (χ1) is 8.65. The lowest BCUT2D eigenvalue weighted by molar-refractivity contribution is 0.106. The fourth-order valence-electron chi connectivity index (χ4n) is 2.76. The van der Waals surface area contributed by atoms with Crippen molar-refractivity contribution in [2.75, 3.05) is 11.9 Å². The summed E-state index contributed by atoms with van der Waals surface area (Å²) in [6.07, 6.45) is 3.44. The molecular weight excluding hydrogens is 233 g/mol. The molecule has 0 amide bonds. The highest BCUT2D eigenvalue weighted by atomic mass is 19.1. The average molecular weight is 253 g/mol. The van der Waals surface area contributed by atoms with Crippen LogP contribution >= 0.6 is 0 Å². The normalized spacial score (nSPS) is 24.0. The maximum absolute atomic E-state index is 13.6. The Morgan fingerprint density at radius 3 is 2.72 bits per heavy atom. The fourth-order valence-corrected chi connectivity index (χ4v) is 2.76. The number of anilines is 1. The highest BCUT2D eigenvalue weighted by Gasteiger charge is 2.28. The van der Waals surface area contributed by atoms with Crippen molar-refractivity contribution < 1.29 is 14.6 Å². The van der Waals surface area contributed by atoms with Crippen molar-refractivity contribution >= 4 is 5.69 Å². The number of hydrogen-bond acceptors (Lipinski definition) is 3. The zero-order valence-electron chi connectivity index (χ0n) is 10.6. The van der Waals surface area contributed by atoms with E-state index in [2.05, 4.69) is 0 Å². The summed E-state index contributed by atoms with van der Waals surface area (Å²) >= 11 is 0. The minimum atomic E-state index is -0.396. The highest BCUT2D eigenvalue weighted by molar-refractivity contribution is 5.54. The first-order valence-electron chi connectivity index (χ1n) is 6.44. The molecule has 1 saturated carbocycles. The Hall–Kier alpha value is -1.13. The van der Waals surface area contributed by atoms with Gasteiger partial charge in [0.25, 0.3) is 0 Å². The van der Waals surface area contributed by atoms with Gasteiger partial charge in [-0.3, -0.25) is 0 Å². The average Bonchev–Trinajstić information content (AvgIpc) is 2.38. The van der Waals surface area contributed by atoms with E-state index in [1.54, 1.807) is 12.1 Å². The van der Waals surface area contributed by atoms with E-state index in [0.717, 1.165) is 25.7 Å². The molecule has 2 N–H and O–H groups in total. The van der Waals surface area contributed by atoms with Crippen molar-refractivity contribution in [3.8, 4) is 0 Å². The van der Waals surface area contributed by atoms with Crippen LogP contribution in [-0.2, 0) is 6.61 Å². The quantitative estimate of drug-likeness (QED) is 0.866. The third-order valence-corrected chi connectivity index (χ3v) is 3.82. The first-order valence-corrected chi connectivity index (χ1v) is 6.44. The number of aliphatic hydroxyl groups is 2. The summed E-state index contributed by atoms with van der Waals surface area (Å²) in [5, 5.41) is 19.3. The number of likely N-dealkylation sites (N-methyl/N-ethyl adjacent to an activating group) is 1. The lowest BCUT2D eigenvalue weighted by atomic mass is 9.91. The Balaban J connectivity index is 2.27. The third-order valence-electron chi connectivity index (χ3n) is 3.82. The molecule has 1 aliphatic rings. The first kappa shape index (κ1) is 13.3. The Labute approximate surface area is 107 Å². The van der Waals surface area contributed by atoms with E-state index in [4.69, 9.17) is 0 Å². The number of hydrogen-bond donors (Lipinski definition) is 2. The van der Waals surface area contributed by atoms with Crippen molar-refractivity contribution in [1.82, 2.24) is 0 Å². The molecule has 0 saturated heterocycles. The van der Waals surface area contributed by atoms with Crippen LogP contribution in [0.15, 0.2) is 18.2 Å². The molecule has 0 spiro atoms. The van der Waals surface area contributed by atoms with Gasteiger partial charge in [-0.15, -0.1) is 0 Å². The standard InChI is InChI=1S/C14H20FNO2/c1-16(13-6-2-3-8-14(13)18)12-7-4-5-11(15)10(12)9-17/h4-5,7,13-14,17-18H,2-3,6,8-9H2,1H3. The molecule has 18 heavy (non-hydrogen) atoms. The second-order valence-corrected chi connectivity index (χ2v) is 4.93. The topological polar surface area (TPSA) is 43.7 Å². The predicted octanol–water partition coefficient (Wildman–Crippen LogP) is 2.06. The van der Waals surface area contributed by atoms with Crippen molar-refractivity contribution in [3.05, 3.63) is 29.6 Å². The maximum atomic E-state index is 13.6. The highest BCUT2D eigenvalue weighted by Crippen LogP contribution is 2.29. The van der Waals surface area contributed by atoms with Gasteiger partial charge < -0.3 is 15.1 Å². The van der Waals surface area contributed by atoms with E-state index >= 15 is 0 Å². The summed E-state index contributed by atoms with van der Waals surface area (Å²) in [5.74, 6) is -0.396. The molecule has 4 heteroatoms. The number of halogens is 1. The molecule has 1 aliphatic carbocycles. The Morgan fingerprint density at radius 2 is 2.06 bits per heavy atom. The van der Waals surface area contributed by atoms with E-state index in [1.165, 1.54) is 6.07 Å². The van der Waals surface area contributed by atoms with Crippen LogP contribution in [0, 0.1) is 5.82 Å². The van der Waals surface area contributed by atoms with E-state index in [0.29, 0.717) is 11.3 Å². The SMILES string of the molecule is CN(c1cccc(F)c1CO)C1CCCCC1O. The predicted molar refractivity (Wildman–Crippen MR) is 69.0 cm³/mol. The largest absolute Gasteiger partial charge is 0.391 e. The van der Waals surface area contributed by atoms with E-state index in [-0.39, 0.29) is 18.8 Å². The number of rotatable bonds is 3. The molecule has 1 aromatic rings. The van der Waals surface area contributed by atoms with Gasteiger partial charge in [-0.1, -0.05) is 18.9 Å². The van der Waals surface area contributed by atoms with Gasteiger partial charge in [-0.25, -0.2) is 4.39 Å². The minimum absolute atomic E-state index is 0.00542. The smallest absolute Gasteiger partial charge is 0.130 e. The fraction of sp³-hybridized carbons (Fsp3) is 0.571. The number of nitrogens with zero attached hydrogens (tertiary/aromatic N) is 1. The number of aliphatic hydroxyl groups excluding tert-OH is 2. The van der Waals surface area contributed by atoms with Crippen LogP contribution in [0.3, 0.4) is 0 Å². The van der Waals surface area contributed by atoms with Crippen LogP contribution in [0.25, 0.3) is 0 Å². The molecule has 2 atom stereocenters. The molecule has 2 unspecified atom stereocenters. The van der Waals surface area contributed by atoms with Gasteiger partial charge in [0.05, 0.1) is 18.8 Å². The molecule has 1 aromatic carbocycles. The van der Waals surface area contributed by atoms with Crippen molar-refractivity contribution in [3.63, 3.8) is 0 Å². The van der Waals surface area contributed by atoms with Crippen LogP contribution in [0.2, 0.25) is 0 Å². The monoisotopic (exact) mass is 253 g/mol. The van der Waals surface area contributed by atoms with E-state index < -0.39 is 5.82 Å². The van der Waals surface area contributed by atoms with E-state index in [1.807, 2.05) is 11.9 Å². The molecule has 1 fully saturated rings. The van der Waals surface area contributed by atoms with Gasteiger partial charge in [0.15, 0.2) is 0 Å². The summed E-state index contributed by atoms with van der Waals surface area (Å²) in [6.45, 7) is -0.324. The second kappa shape index (κ2) is 5.67. The molecule has 100 valence electrons. The molecule has 2 rings (SSSR count). The molecular formula is C14H20FNO2. The van der Waals surface area contributed by atoms with Crippen LogP contribution in [0.1, 0.15) is 31.2 Å². The van der Waals surface area contributed by atoms with Gasteiger partial charge in [-0.05, 0) is 25.0 Å². The lowest BCUT2D eigenvalue weighted by Crippen LogP contribution is -2.43. The van der Waals surface area contributed by atoms with Gasteiger partial charge in [0.1, 0.15) is 5.82 Å². The van der Waals surface area contributed by atoms with Crippen LogP contribution < -0.4 is 4.90 Å². The lowest BCUT2D eigenvalue weighted by Gasteiger charge is -2.37. The Morgan fingerprint density at radius 1 is 1.33 bits per heavy atom. The van der Waals surface area contributed by atoms with Gasteiger partial charge in [-0.2, -0.15) is 0 Å². The zero-order valence-corrected chi connectivity index (χ0v) is 10.6. The van der Waals surface area contributed by atoms with Crippen LogP contribution in [-0.4, -0.2) is 29.4 Å². The van der Waals surface area contributed by atoms with E-state index in [9.17, 15) is 14.6 Å². The van der Waals surface area contributed by atoms with Crippen molar-refractivity contribution in [2.24, 2.45) is 0 Å². The minimum Gasteiger partial charge on any atom is -0.391 e. The zero-order chi connectivity index (χ0) is 13.1. The molecule has 0 aliphatic heterocycles. The molecule has 0 heterocycles. The third kappa shape index (κ3) is 2.49. The van der Waals surface area contributed by atoms with Gasteiger partial charge in [0, 0.05) is 18.3 Å². The number of benzene rings is 1. The van der Waals surface area contributed by atoms with Crippen molar-refractivity contribution in [1.29, 1.82) is 0 Å². The maximum Gasteiger partial charge on any atom is 0.130 e. The summed E-state index contributed by atoms with van der Waals surface area (Å²) < 4.78 is 13.6. The molecule has 0 radical (unpaired) electrons. The van der Waals surface area contributed by atoms with Gasteiger partial charge in [0.2, 0.25) is 0 Å². The molecule has 3 nitrogen and oxygen atoms in total. The van der Waals surface area contributed by atoms with Crippen LogP contribution in [0.4, 0.5) is 10.1 Å². The Kier molecular flexibility index (Phi) is 4.19. The summed E-state index contributed by atoms with van der Waals surface area (Å²) in [5.41, 5.74) is 0.973. The second-order valence-electron chi connectivity index (χ2n) is 4.93. The molecule has 0 aromatic heterocycles.